The van der Waals surface area contributed by atoms with Crippen molar-refractivity contribution in [1.82, 2.24) is 26.8 Å². The third kappa shape index (κ3) is 3.74. The second-order valence-electron chi connectivity index (χ2n) is 9.67. The van der Waals surface area contributed by atoms with E-state index in [2.05, 4.69) is 70.5 Å². The Hall–Kier alpha value is -2.29. The summed E-state index contributed by atoms with van der Waals surface area (Å²) in [6, 6.07) is 17.7. The van der Waals surface area contributed by atoms with Crippen molar-refractivity contribution in [2.75, 3.05) is 19.7 Å². The summed E-state index contributed by atoms with van der Waals surface area (Å²) in [5, 5.41) is 0. The van der Waals surface area contributed by atoms with E-state index in [9.17, 15) is 4.79 Å². The summed E-state index contributed by atoms with van der Waals surface area (Å²) in [5.74, 6) is 0.850. The van der Waals surface area contributed by atoms with Gasteiger partial charge in [0.15, 0.2) is 0 Å². The van der Waals surface area contributed by atoms with Crippen LogP contribution in [0, 0.1) is 5.41 Å². The average Bonchev–Trinajstić information content (AvgIpc) is 3.28. The minimum Gasteiger partial charge on any atom is -0.368 e. The Kier molecular flexibility index (Phi) is 5.24. The largest absolute Gasteiger partial charge is 0.368 e. The van der Waals surface area contributed by atoms with Gasteiger partial charge in [-0.3, -0.25) is 4.79 Å². The summed E-state index contributed by atoms with van der Waals surface area (Å²) in [6.07, 6.45) is 5.24. The van der Waals surface area contributed by atoms with E-state index in [0.717, 1.165) is 45.4 Å². The molecule has 7 nitrogen and oxygen atoms in total. The van der Waals surface area contributed by atoms with Gasteiger partial charge in [0.1, 0.15) is 12.3 Å². The van der Waals surface area contributed by atoms with Gasteiger partial charge in [-0.05, 0) is 71.8 Å². The highest BCUT2D eigenvalue weighted by atomic mass is 16.5. The van der Waals surface area contributed by atoms with Gasteiger partial charge in [0.25, 0.3) is 5.91 Å². The summed E-state index contributed by atoms with van der Waals surface area (Å²) in [6.45, 7) is 2.50. The zero-order chi connectivity index (χ0) is 21.5. The number of hydrogen-bond acceptors (Lipinski definition) is 6. The summed E-state index contributed by atoms with van der Waals surface area (Å²) in [7, 11) is 0. The van der Waals surface area contributed by atoms with Crippen molar-refractivity contribution in [3.63, 3.8) is 0 Å². The first-order valence-electron chi connectivity index (χ1n) is 11.8. The van der Waals surface area contributed by atoms with Gasteiger partial charge in [-0.25, -0.2) is 10.9 Å². The second kappa shape index (κ2) is 8.24. The van der Waals surface area contributed by atoms with Crippen LogP contribution in [0.2, 0.25) is 0 Å². The van der Waals surface area contributed by atoms with Crippen LogP contribution in [0.4, 0.5) is 0 Å². The van der Waals surface area contributed by atoms with Gasteiger partial charge in [0, 0.05) is 19.7 Å². The van der Waals surface area contributed by atoms with Gasteiger partial charge in [-0.1, -0.05) is 42.5 Å². The Morgan fingerprint density at radius 3 is 2.47 bits per heavy atom. The Labute approximate surface area is 188 Å². The topological polar surface area (TPSA) is 77.7 Å². The highest BCUT2D eigenvalue weighted by Gasteiger charge is 2.55. The fraction of sp³-hybridized carbons (Fsp3) is 0.480. The van der Waals surface area contributed by atoms with E-state index < -0.39 is 0 Å². The number of likely N-dealkylation sites (tertiary alicyclic amines) is 1. The number of rotatable bonds is 4. The van der Waals surface area contributed by atoms with Crippen LogP contribution in [-0.4, -0.2) is 36.6 Å². The lowest BCUT2D eigenvalue weighted by atomic mass is 9.88. The van der Waals surface area contributed by atoms with Crippen LogP contribution < -0.4 is 21.9 Å². The van der Waals surface area contributed by atoms with E-state index in [4.69, 9.17) is 4.74 Å². The van der Waals surface area contributed by atoms with Crippen LogP contribution in [0.3, 0.4) is 0 Å². The summed E-state index contributed by atoms with van der Waals surface area (Å²) < 4.78 is 5.61. The molecule has 4 N–H and O–H groups in total. The van der Waals surface area contributed by atoms with E-state index in [1.165, 1.54) is 28.7 Å². The molecule has 32 heavy (non-hydrogen) atoms. The lowest BCUT2D eigenvalue weighted by Crippen LogP contribution is -2.44. The normalized spacial score (nSPS) is 27.2. The van der Waals surface area contributed by atoms with Crippen molar-refractivity contribution in [1.29, 1.82) is 0 Å². The number of hydrazine groups is 3. The van der Waals surface area contributed by atoms with Crippen molar-refractivity contribution in [3.8, 4) is 11.1 Å². The molecule has 1 aliphatic carbocycles. The van der Waals surface area contributed by atoms with Crippen LogP contribution in [0.15, 0.2) is 48.5 Å². The van der Waals surface area contributed by atoms with Crippen molar-refractivity contribution in [2.24, 2.45) is 5.41 Å². The first-order chi connectivity index (χ1) is 15.7. The average molecular weight is 434 g/mol. The highest BCUT2D eigenvalue weighted by Crippen LogP contribution is 2.65. The molecule has 6 rings (SSSR count). The monoisotopic (exact) mass is 433 g/mol. The van der Waals surface area contributed by atoms with Crippen LogP contribution >= 0.6 is 0 Å². The maximum absolute atomic E-state index is 12.6. The lowest BCUT2D eigenvalue weighted by molar-refractivity contribution is -0.142. The number of carbonyl (C=O) groups is 1. The van der Waals surface area contributed by atoms with Gasteiger partial charge in [0.2, 0.25) is 0 Å². The maximum atomic E-state index is 12.6. The number of benzene rings is 2. The fourth-order valence-corrected chi connectivity index (χ4v) is 5.75. The van der Waals surface area contributed by atoms with E-state index in [-0.39, 0.29) is 18.2 Å². The molecular weight excluding hydrogens is 402 g/mol. The summed E-state index contributed by atoms with van der Waals surface area (Å²) in [4.78, 5) is 14.7. The minimum atomic E-state index is -0.183. The second-order valence-corrected chi connectivity index (χ2v) is 9.67. The maximum Gasteiger partial charge on any atom is 0.251 e. The fourth-order valence-electron chi connectivity index (χ4n) is 5.75. The number of piperidine rings is 1. The quantitative estimate of drug-likeness (QED) is 0.594. The van der Waals surface area contributed by atoms with E-state index in [0.29, 0.717) is 11.3 Å². The Morgan fingerprint density at radius 1 is 0.969 bits per heavy atom. The molecule has 1 saturated carbocycles. The number of carbonyl (C=O) groups excluding carboxylic acids is 1. The number of ether oxygens (including phenoxy) is 1. The van der Waals surface area contributed by atoms with Crippen LogP contribution in [-0.2, 0) is 9.53 Å². The summed E-state index contributed by atoms with van der Waals surface area (Å²) >= 11 is 0. The van der Waals surface area contributed by atoms with Gasteiger partial charge < -0.3 is 9.64 Å². The highest BCUT2D eigenvalue weighted by molar-refractivity contribution is 5.81. The number of hydrogen-bond donors (Lipinski definition) is 4. The molecule has 4 fully saturated rings. The molecule has 1 amide bonds. The van der Waals surface area contributed by atoms with Crippen molar-refractivity contribution in [3.05, 3.63) is 59.7 Å². The number of nitrogens with one attached hydrogen (secondary N) is 4. The zero-order valence-corrected chi connectivity index (χ0v) is 18.3. The molecule has 3 saturated heterocycles. The van der Waals surface area contributed by atoms with Gasteiger partial charge in [0.05, 0.1) is 0 Å². The standard InChI is InChI=1S/C25H31N5O2/c31-24(22-5-2-14-32-22)30-12-10-25(11-13-30)16-21(25)18-8-6-17(7-9-18)19-3-1-4-20(15-19)23-26-28-29-27-23/h1,3-4,6-9,15,21-23,26-29H,2,5,10-14,16H2/t21-,22+/m0/s1. The van der Waals surface area contributed by atoms with Gasteiger partial charge in [-0.15, -0.1) is 0 Å². The molecule has 2 aromatic carbocycles. The molecule has 1 spiro atoms. The Balaban J connectivity index is 1.09. The first kappa shape index (κ1) is 20.3. The number of amides is 1. The molecule has 0 aromatic heterocycles. The molecule has 3 aliphatic heterocycles. The minimum absolute atomic E-state index is 0.0403. The first-order valence-corrected chi connectivity index (χ1v) is 11.8. The molecule has 7 heteroatoms. The van der Waals surface area contributed by atoms with Crippen LogP contribution in [0.5, 0.6) is 0 Å². The predicted octanol–water partition coefficient (Wildman–Crippen LogP) is 2.74. The van der Waals surface area contributed by atoms with E-state index >= 15 is 0 Å². The molecule has 2 aromatic rings. The van der Waals surface area contributed by atoms with Crippen LogP contribution in [0.1, 0.15) is 55.3 Å². The van der Waals surface area contributed by atoms with Gasteiger partial charge in [-0.2, -0.15) is 11.1 Å². The summed E-state index contributed by atoms with van der Waals surface area (Å²) in [5.41, 5.74) is 17.5. The molecule has 0 radical (unpaired) electrons. The number of nitrogens with zero attached hydrogens (tertiary/aromatic N) is 1. The molecule has 3 heterocycles. The third-order valence-corrected chi connectivity index (χ3v) is 7.83. The van der Waals surface area contributed by atoms with Crippen molar-refractivity contribution < 1.29 is 9.53 Å². The molecular formula is C25H31N5O2. The molecule has 0 bridgehead atoms. The SMILES string of the molecule is O=C([C@H]1CCCO1)N1CCC2(CC1)C[C@H]2c1ccc(-c2cccc(C3NNNN3)c2)cc1. The predicted molar refractivity (Wildman–Crippen MR) is 122 cm³/mol. The molecule has 168 valence electrons. The van der Waals surface area contributed by atoms with E-state index in [1.54, 1.807) is 0 Å². The Morgan fingerprint density at radius 2 is 1.75 bits per heavy atom. The lowest BCUT2D eigenvalue weighted by Gasteiger charge is -2.34. The third-order valence-electron chi connectivity index (χ3n) is 7.83. The smallest absolute Gasteiger partial charge is 0.251 e. The molecule has 2 atom stereocenters. The zero-order valence-electron chi connectivity index (χ0n) is 18.3. The van der Waals surface area contributed by atoms with E-state index in [1.807, 2.05) is 4.90 Å². The Bertz CT molecular complexity index is 974. The molecule has 0 unspecified atom stereocenters. The van der Waals surface area contributed by atoms with Crippen molar-refractivity contribution in [2.45, 2.75) is 50.3 Å². The molecule has 4 aliphatic rings. The van der Waals surface area contributed by atoms with Gasteiger partial charge >= 0.3 is 0 Å². The van der Waals surface area contributed by atoms with Crippen molar-refractivity contribution >= 4 is 5.91 Å². The van der Waals surface area contributed by atoms with Crippen LogP contribution in [0.25, 0.3) is 11.1 Å².